The molecular formula is C20H26N4O. The molecule has 0 unspecified atom stereocenters. The number of pyridine rings is 1. The van der Waals surface area contributed by atoms with Crippen LogP contribution in [0.2, 0.25) is 0 Å². The summed E-state index contributed by atoms with van der Waals surface area (Å²) in [7, 11) is 0. The average Bonchev–Trinajstić information content (AvgIpc) is 2.96. The van der Waals surface area contributed by atoms with Crippen LogP contribution in [0.5, 0.6) is 0 Å². The second kappa shape index (κ2) is 8.62. The van der Waals surface area contributed by atoms with Gasteiger partial charge in [0.15, 0.2) is 0 Å². The number of amides is 2. The molecule has 0 radical (unpaired) electrons. The minimum Gasteiger partial charge on any atom is -0.338 e. The Morgan fingerprint density at radius 2 is 1.96 bits per heavy atom. The van der Waals surface area contributed by atoms with E-state index in [4.69, 9.17) is 0 Å². The van der Waals surface area contributed by atoms with Crippen LogP contribution in [0.1, 0.15) is 18.1 Å². The maximum Gasteiger partial charge on any atom is 0.315 e. The molecular weight excluding hydrogens is 312 g/mol. The lowest BCUT2D eigenvalue weighted by Crippen LogP contribution is -2.45. The van der Waals surface area contributed by atoms with E-state index in [1.165, 1.54) is 5.56 Å². The number of nitrogens with one attached hydrogen (secondary N) is 2. The van der Waals surface area contributed by atoms with Crippen molar-refractivity contribution in [2.45, 2.75) is 25.9 Å². The first-order valence-corrected chi connectivity index (χ1v) is 8.90. The van der Waals surface area contributed by atoms with Gasteiger partial charge >= 0.3 is 6.03 Å². The molecule has 1 aromatic heterocycles. The number of hydrogen-bond donors (Lipinski definition) is 2. The summed E-state index contributed by atoms with van der Waals surface area (Å²) in [5, 5.41) is 6.07. The highest BCUT2D eigenvalue weighted by atomic mass is 16.2. The van der Waals surface area contributed by atoms with Crippen molar-refractivity contribution in [1.29, 1.82) is 0 Å². The number of likely N-dealkylation sites (tertiary alicyclic amines) is 1. The Labute approximate surface area is 149 Å². The van der Waals surface area contributed by atoms with E-state index in [0.717, 1.165) is 31.6 Å². The number of hydrogen-bond acceptors (Lipinski definition) is 3. The number of nitrogens with zero attached hydrogens (tertiary/aromatic N) is 2. The van der Waals surface area contributed by atoms with E-state index in [9.17, 15) is 4.79 Å². The van der Waals surface area contributed by atoms with Crippen LogP contribution in [-0.4, -0.2) is 41.6 Å². The normalized spacial score (nSPS) is 20.4. The molecule has 2 N–H and O–H groups in total. The molecule has 1 aliphatic heterocycles. The maximum atomic E-state index is 12.1. The van der Waals surface area contributed by atoms with Gasteiger partial charge in [-0.2, -0.15) is 0 Å². The summed E-state index contributed by atoms with van der Waals surface area (Å²) in [5.41, 5.74) is 2.45. The van der Waals surface area contributed by atoms with Crippen molar-refractivity contribution in [3.8, 4) is 0 Å². The Kier molecular flexibility index (Phi) is 6.01. The molecule has 1 aliphatic rings. The topological polar surface area (TPSA) is 57.3 Å². The third-order valence-electron chi connectivity index (χ3n) is 4.68. The van der Waals surface area contributed by atoms with Gasteiger partial charge in [-0.25, -0.2) is 4.79 Å². The molecule has 0 aliphatic carbocycles. The zero-order chi connectivity index (χ0) is 17.5. The number of benzene rings is 1. The number of carbonyl (C=O) groups is 1. The molecule has 3 rings (SSSR count). The fraction of sp³-hybridized carbons (Fsp3) is 0.400. The molecule has 1 aromatic carbocycles. The van der Waals surface area contributed by atoms with Crippen LogP contribution in [0, 0.1) is 5.92 Å². The van der Waals surface area contributed by atoms with E-state index in [-0.39, 0.29) is 12.1 Å². The summed E-state index contributed by atoms with van der Waals surface area (Å²) < 4.78 is 0. The highest BCUT2D eigenvalue weighted by molar-refractivity contribution is 5.74. The Bertz CT molecular complexity index is 662. The first-order chi connectivity index (χ1) is 12.2. The van der Waals surface area contributed by atoms with E-state index in [0.29, 0.717) is 12.5 Å². The summed E-state index contributed by atoms with van der Waals surface area (Å²) in [4.78, 5) is 18.6. The van der Waals surface area contributed by atoms with Gasteiger partial charge in [0.25, 0.3) is 0 Å². The van der Waals surface area contributed by atoms with Crippen molar-refractivity contribution in [1.82, 2.24) is 20.5 Å². The Hall–Kier alpha value is -2.40. The third kappa shape index (κ3) is 5.29. The summed E-state index contributed by atoms with van der Waals surface area (Å²) in [6.07, 6.45) is 4.38. The molecule has 5 nitrogen and oxygen atoms in total. The van der Waals surface area contributed by atoms with Crippen LogP contribution < -0.4 is 10.6 Å². The van der Waals surface area contributed by atoms with Gasteiger partial charge in [-0.05, 0) is 29.5 Å². The number of urea groups is 1. The quantitative estimate of drug-likeness (QED) is 0.851. The van der Waals surface area contributed by atoms with E-state index < -0.39 is 0 Å². The van der Waals surface area contributed by atoms with Crippen molar-refractivity contribution in [2.75, 3.05) is 19.6 Å². The highest BCUT2D eigenvalue weighted by Gasteiger charge is 2.30. The molecule has 2 atom stereocenters. The summed E-state index contributed by atoms with van der Waals surface area (Å²) >= 11 is 0. The molecule has 25 heavy (non-hydrogen) atoms. The standard InChI is InChI=1S/C20H26N4O/c1-16-13-24(14-18-6-3-2-4-7-18)15-19(16)23-20(25)22-11-9-17-8-5-10-21-12-17/h2-8,10,12,16,19H,9,11,13-15H2,1H3,(H2,22,23,25)/t16-,19+/m1/s1. The lowest BCUT2D eigenvalue weighted by atomic mass is 10.1. The molecule has 2 amide bonds. The van der Waals surface area contributed by atoms with E-state index in [2.05, 4.69) is 51.7 Å². The smallest absolute Gasteiger partial charge is 0.315 e. The van der Waals surface area contributed by atoms with Crippen LogP contribution in [0.3, 0.4) is 0 Å². The van der Waals surface area contributed by atoms with Gasteiger partial charge in [0.05, 0.1) is 0 Å². The van der Waals surface area contributed by atoms with Crippen molar-refractivity contribution in [3.05, 3.63) is 66.0 Å². The van der Waals surface area contributed by atoms with E-state index in [1.54, 1.807) is 6.20 Å². The van der Waals surface area contributed by atoms with Crippen molar-refractivity contribution < 1.29 is 4.79 Å². The predicted molar refractivity (Wildman–Crippen MR) is 99.1 cm³/mol. The first-order valence-electron chi connectivity index (χ1n) is 8.90. The summed E-state index contributed by atoms with van der Waals surface area (Å²) in [6, 6.07) is 14.5. The predicted octanol–water partition coefficient (Wildman–Crippen LogP) is 2.44. The molecule has 0 spiro atoms. The molecule has 132 valence electrons. The zero-order valence-corrected chi connectivity index (χ0v) is 14.7. The fourth-order valence-electron chi connectivity index (χ4n) is 3.31. The Morgan fingerprint density at radius 3 is 2.72 bits per heavy atom. The minimum absolute atomic E-state index is 0.0812. The second-order valence-corrected chi connectivity index (χ2v) is 6.77. The molecule has 0 saturated carbocycles. The van der Waals surface area contributed by atoms with Crippen LogP contribution in [-0.2, 0) is 13.0 Å². The van der Waals surface area contributed by atoms with Crippen molar-refractivity contribution in [2.24, 2.45) is 5.92 Å². The van der Waals surface area contributed by atoms with Gasteiger partial charge in [-0.15, -0.1) is 0 Å². The van der Waals surface area contributed by atoms with Gasteiger partial charge < -0.3 is 10.6 Å². The molecule has 2 aromatic rings. The van der Waals surface area contributed by atoms with Crippen LogP contribution >= 0.6 is 0 Å². The van der Waals surface area contributed by atoms with E-state index >= 15 is 0 Å². The number of carbonyl (C=O) groups excluding carboxylic acids is 1. The number of aromatic nitrogens is 1. The van der Waals surface area contributed by atoms with Crippen LogP contribution in [0.4, 0.5) is 4.79 Å². The minimum atomic E-state index is -0.0812. The summed E-state index contributed by atoms with van der Waals surface area (Å²) in [6.45, 7) is 5.66. The average molecular weight is 338 g/mol. The van der Waals surface area contributed by atoms with Gasteiger partial charge in [-0.1, -0.05) is 43.3 Å². The second-order valence-electron chi connectivity index (χ2n) is 6.77. The third-order valence-corrected chi connectivity index (χ3v) is 4.68. The van der Waals surface area contributed by atoms with Crippen LogP contribution in [0.15, 0.2) is 54.9 Å². The molecule has 1 saturated heterocycles. The molecule has 1 fully saturated rings. The van der Waals surface area contributed by atoms with Crippen LogP contribution in [0.25, 0.3) is 0 Å². The zero-order valence-electron chi connectivity index (χ0n) is 14.7. The van der Waals surface area contributed by atoms with Gasteiger partial charge in [0.2, 0.25) is 0 Å². The van der Waals surface area contributed by atoms with Gasteiger partial charge in [-0.3, -0.25) is 9.88 Å². The SMILES string of the molecule is C[C@@H]1CN(Cc2ccccc2)C[C@@H]1NC(=O)NCCc1cccnc1. The lowest BCUT2D eigenvalue weighted by Gasteiger charge is -2.18. The molecule has 2 heterocycles. The lowest BCUT2D eigenvalue weighted by molar-refractivity contribution is 0.234. The molecule has 5 heteroatoms. The molecule has 0 bridgehead atoms. The fourth-order valence-corrected chi connectivity index (χ4v) is 3.31. The maximum absolute atomic E-state index is 12.1. The monoisotopic (exact) mass is 338 g/mol. The largest absolute Gasteiger partial charge is 0.338 e. The number of rotatable bonds is 6. The first kappa shape index (κ1) is 17.4. The van der Waals surface area contributed by atoms with Gasteiger partial charge in [0, 0.05) is 44.6 Å². The Balaban J connectivity index is 1.40. The Morgan fingerprint density at radius 1 is 1.16 bits per heavy atom. The van der Waals surface area contributed by atoms with Crippen molar-refractivity contribution >= 4 is 6.03 Å². The summed E-state index contributed by atoms with van der Waals surface area (Å²) in [5.74, 6) is 0.452. The highest BCUT2D eigenvalue weighted by Crippen LogP contribution is 2.18. The van der Waals surface area contributed by atoms with E-state index in [1.807, 2.05) is 24.4 Å². The van der Waals surface area contributed by atoms with Gasteiger partial charge in [0.1, 0.15) is 0 Å². The van der Waals surface area contributed by atoms with Crippen molar-refractivity contribution in [3.63, 3.8) is 0 Å².